The van der Waals surface area contributed by atoms with Gasteiger partial charge in [-0.15, -0.1) is 0 Å². The molecule has 2 saturated heterocycles. The molecular formula is C28H31N3O2. The molecule has 170 valence electrons. The van der Waals surface area contributed by atoms with Crippen molar-refractivity contribution in [3.05, 3.63) is 59.9 Å². The van der Waals surface area contributed by atoms with Gasteiger partial charge in [0.2, 0.25) is 0 Å². The van der Waals surface area contributed by atoms with Crippen LogP contribution in [-0.2, 0) is 9.53 Å². The molecule has 7 atom stereocenters. The van der Waals surface area contributed by atoms with Gasteiger partial charge in [-0.05, 0) is 55.9 Å². The first-order chi connectivity index (χ1) is 15.9. The average molecular weight is 442 g/mol. The minimum Gasteiger partial charge on any atom is -0.462 e. The van der Waals surface area contributed by atoms with Crippen molar-refractivity contribution in [3.8, 4) is 17.2 Å². The van der Waals surface area contributed by atoms with Gasteiger partial charge in [-0.25, -0.2) is 0 Å². The molecule has 1 spiro atoms. The van der Waals surface area contributed by atoms with E-state index in [4.69, 9.17) is 4.74 Å². The molecule has 3 aliphatic rings. The lowest BCUT2D eigenvalue weighted by Gasteiger charge is -2.49. The molecule has 1 aliphatic carbocycles. The predicted molar refractivity (Wildman–Crippen MR) is 128 cm³/mol. The van der Waals surface area contributed by atoms with Crippen LogP contribution in [0.4, 0.5) is 0 Å². The lowest BCUT2D eigenvalue weighted by Crippen LogP contribution is -2.53. The number of carbonyl (C=O) groups excluding carboxylic acids is 1. The maximum Gasteiger partial charge on any atom is 0.314 e. The van der Waals surface area contributed by atoms with Gasteiger partial charge in [0.1, 0.15) is 6.10 Å². The maximum atomic E-state index is 13.2. The normalized spacial score (nSPS) is 35.8. The summed E-state index contributed by atoms with van der Waals surface area (Å²) >= 11 is 0. The van der Waals surface area contributed by atoms with Crippen LogP contribution in [0.1, 0.15) is 32.0 Å². The number of nitriles is 1. The molecule has 0 unspecified atom stereocenters. The van der Waals surface area contributed by atoms with Crippen molar-refractivity contribution in [1.82, 2.24) is 9.88 Å². The van der Waals surface area contributed by atoms with Crippen molar-refractivity contribution in [2.75, 3.05) is 20.1 Å². The fourth-order valence-corrected chi connectivity index (χ4v) is 6.94. The molecule has 1 saturated carbocycles. The van der Waals surface area contributed by atoms with Crippen LogP contribution >= 0.6 is 0 Å². The number of aromatic nitrogens is 1. The predicted octanol–water partition coefficient (Wildman–Crippen LogP) is 4.64. The minimum absolute atomic E-state index is 0.00476. The summed E-state index contributed by atoms with van der Waals surface area (Å²) in [5, 5.41) is 9.39. The van der Waals surface area contributed by atoms with E-state index < -0.39 is 5.41 Å². The van der Waals surface area contributed by atoms with Crippen molar-refractivity contribution in [3.63, 3.8) is 0 Å². The molecule has 0 bridgehead atoms. The van der Waals surface area contributed by atoms with Gasteiger partial charge in [-0.3, -0.25) is 9.78 Å². The summed E-state index contributed by atoms with van der Waals surface area (Å²) in [5.41, 5.74) is 2.96. The number of hydrogen-bond donors (Lipinski definition) is 0. The van der Waals surface area contributed by atoms with E-state index in [1.807, 2.05) is 42.6 Å². The standard InChI is InChI=1S/C28H31N3O2/c1-17-18(2)25-15-31(4)16-28(25)26(19(3)33-27(28)32)23(17)12-11-22-10-9-21(14-30-22)24-8-6-5-7-20(24)13-29/h5-12,14,17-19,23,25-26H,15-16H2,1-4H3/b12-11+/t17-,18-,19-,23+,25+,26+,28-/m1/s1. The van der Waals surface area contributed by atoms with E-state index in [-0.39, 0.29) is 23.9 Å². The van der Waals surface area contributed by atoms with E-state index in [1.165, 1.54) is 0 Å². The number of pyridine rings is 1. The second-order valence-corrected chi connectivity index (χ2v) is 10.3. The Hall–Kier alpha value is -2.97. The lowest BCUT2D eigenvalue weighted by atomic mass is 9.51. The second-order valence-electron chi connectivity index (χ2n) is 10.3. The summed E-state index contributed by atoms with van der Waals surface area (Å²) in [7, 11) is 2.12. The van der Waals surface area contributed by atoms with Crippen LogP contribution in [0.15, 0.2) is 48.7 Å². The average Bonchev–Trinajstić information content (AvgIpc) is 3.30. The molecule has 33 heavy (non-hydrogen) atoms. The van der Waals surface area contributed by atoms with Gasteiger partial charge < -0.3 is 9.64 Å². The van der Waals surface area contributed by atoms with Gasteiger partial charge in [-0.1, -0.05) is 44.2 Å². The summed E-state index contributed by atoms with van der Waals surface area (Å²) < 4.78 is 5.89. The van der Waals surface area contributed by atoms with Gasteiger partial charge in [-0.2, -0.15) is 5.26 Å². The molecule has 5 heteroatoms. The number of allylic oxidation sites excluding steroid dienone is 1. The zero-order chi connectivity index (χ0) is 23.3. The topological polar surface area (TPSA) is 66.2 Å². The highest BCUT2D eigenvalue weighted by Crippen LogP contribution is 2.61. The van der Waals surface area contributed by atoms with Crippen LogP contribution in [0.25, 0.3) is 17.2 Å². The second kappa shape index (κ2) is 8.11. The lowest BCUT2D eigenvalue weighted by molar-refractivity contribution is -0.152. The number of nitrogens with zero attached hydrogens (tertiary/aromatic N) is 3. The number of likely N-dealkylation sites (tertiary alicyclic amines) is 1. The van der Waals surface area contributed by atoms with Crippen LogP contribution in [0.3, 0.4) is 0 Å². The number of benzene rings is 1. The SMILES string of the molecule is C[C@@H]1[C@@H](C)[C@@H]2CN(C)C[C@@]23C(=O)O[C@H](C)[C@H]3[C@H]1/C=C/c1ccc(-c2ccccc2C#N)cn1. The van der Waals surface area contributed by atoms with Gasteiger partial charge in [0.05, 0.1) is 22.7 Å². The fourth-order valence-electron chi connectivity index (χ4n) is 6.94. The fraction of sp³-hybridized carbons (Fsp3) is 0.464. The summed E-state index contributed by atoms with van der Waals surface area (Å²) in [6, 6.07) is 13.8. The molecular weight excluding hydrogens is 410 g/mol. The van der Waals surface area contributed by atoms with E-state index in [9.17, 15) is 10.1 Å². The minimum atomic E-state index is -0.395. The molecule has 3 heterocycles. The molecule has 2 aromatic rings. The molecule has 3 fully saturated rings. The van der Waals surface area contributed by atoms with Crippen molar-refractivity contribution in [1.29, 1.82) is 5.26 Å². The Morgan fingerprint density at radius 3 is 2.70 bits per heavy atom. The van der Waals surface area contributed by atoms with Gasteiger partial charge in [0.25, 0.3) is 0 Å². The third-order valence-corrected chi connectivity index (χ3v) is 8.59. The molecule has 1 aromatic heterocycles. The Labute approximate surface area is 196 Å². The van der Waals surface area contributed by atoms with Gasteiger partial charge >= 0.3 is 5.97 Å². The van der Waals surface area contributed by atoms with Crippen molar-refractivity contribution >= 4 is 12.0 Å². The van der Waals surface area contributed by atoms with Crippen molar-refractivity contribution in [2.24, 2.45) is 35.0 Å². The smallest absolute Gasteiger partial charge is 0.314 e. The summed E-state index contributed by atoms with van der Waals surface area (Å²) in [4.78, 5) is 20.1. The Morgan fingerprint density at radius 2 is 1.97 bits per heavy atom. The first-order valence-corrected chi connectivity index (χ1v) is 11.9. The van der Waals surface area contributed by atoms with Gasteiger partial charge in [0, 0.05) is 36.3 Å². The number of rotatable bonds is 3. The third kappa shape index (κ3) is 3.31. The van der Waals surface area contributed by atoms with E-state index in [2.05, 4.69) is 55.9 Å². The third-order valence-electron chi connectivity index (χ3n) is 8.59. The quantitative estimate of drug-likeness (QED) is 0.649. The highest BCUT2D eigenvalue weighted by atomic mass is 16.6. The Bertz CT molecular complexity index is 1130. The Kier molecular flexibility index (Phi) is 5.37. The van der Waals surface area contributed by atoms with E-state index in [0.717, 1.165) is 29.9 Å². The van der Waals surface area contributed by atoms with Crippen molar-refractivity contribution in [2.45, 2.75) is 26.9 Å². The van der Waals surface area contributed by atoms with E-state index in [0.29, 0.717) is 23.3 Å². The van der Waals surface area contributed by atoms with E-state index in [1.54, 1.807) is 0 Å². The molecule has 5 rings (SSSR count). The first-order valence-electron chi connectivity index (χ1n) is 11.9. The molecule has 0 radical (unpaired) electrons. The Morgan fingerprint density at radius 1 is 1.18 bits per heavy atom. The van der Waals surface area contributed by atoms with Crippen LogP contribution in [-0.4, -0.2) is 42.1 Å². The van der Waals surface area contributed by atoms with Crippen LogP contribution < -0.4 is 0 Å². The zero-order valence-electron chi connectivity index (χ0n) is 19.7. The number of carbonyl (C=O) groups is 1. The van der Waals surface area contributed by atoms with Crippen LogP contribution in [0.2, 0.25) is 0 Å². The van der Waals surface area contributed by atoms with Crippen LogP contribution in [0, 0.1) is 46.3 Å². The number of esters is 1. The zero-order valence-corrected chi connectivity index (χ0v) is 19.7. The number of cyclic esters (lactones) is 1. The number of hydrogen-bond acceptors (Lipinski definition) is 5. The molecule has 0 N–H and O–H groups in total. The maximum absolute atomic E-state index is 13.2. The summed E-state index contributed by atoms with van der Waals surface area (Å²) in [6.07, 6.45) is 6.12. The first kappa shape index (κ1) is 21.9. The monoisotopic (exact) mass is 441 g/mol. The summed E-state index contributed by atoms with van der Waals surface area (Å²) in [6.45, 7) is 8.46. The highest BCUT2D eigenvalue weighted by Gasteiger charge is 2.69. The number of ether oxygens (including phenoxy) is 1. The van der Waals surface area contributed by atoms with Crippen molar-refractivity contribution < 1.29 is 9.53 Å². The van der Waals surface area contributed by atoms with Crippen LogP contribution in [0.5, 0.6) is 0 Å². The summed E-state index contributed by atoms with van der Waals surface area (Å²) in [5.74, 6) is 1.69. The molecule has 0 amide bonds. The molecule has 1 aromatic carbocycles. The van der Waals surface area contributed by atoms with Gasteiger partial charge in [0.15, 0.2) is 0 Å². The molecule has 5 nitrogen and oxygen atoms in total. The highest BCUT2D eigenvalue weighted by molar-refractivity contribution is 5.81. The molecule has 2 aliphatic heterocycles. The van der Waals surface area contributed by atoms with E-state index >= 15 is 0 Å². The Balaban J connectivity index is 1.44. The largest absolute Gasteiger partial charge is 0.462 e.